The maximum atomic E-state index is 5.76. The monoisotopic (exact) mass is 345 g/mol. The van der Waals surface area contributed by atoms with E-state index in [1.54, 1.807) is 0 Å². The summed E-state index contributed by atoms with van der Waals surface area (Å²) in [6.07, 6.45) is 4.22. The minimum Gasteiger partial charge on any atom is -0.377 e. The minimum absolute atomic E-state index is 0.442. The number of hydrogen-bond donors (Lipinski definition) is 0. The number of halogens is 1. The van der Waals surface area contributed by atoms with Crippen LogP contribution in [0.3, 0.4) is 0 Å². The zero-order chi connectivity index (χ0) is 12.1. The van der Waals surface area contributed by atoms with Gasteiger partial charge in [-0.3, -0.25) is 4.90 Å². The Morgan fingerprint density at radius 1 is 1.29 bits per heavy atom. The van der Waals surface area contributed by atoms with Gasteiger partial charge in [0.05, 0.1) is 6.10 Å². The van der Waals surface area contributed by atoms with E-state index in [0.717, 1.165) is 19.7 Å². The number of hydrogen-bond acceptors (Lipinski definition) is 2. The highest BCUT2D eigenvalue weighted by atomic mass is 127. The Hall–Kier alpha value is -0.130. The van der Waals surface area contributed by atoms with Gasteiger partial charge in [0.1, 0.15) is 0 Å². The topological polar surface area (TPSA) is 12.5 Å². The van der Waals surface area contributed by atoms with Gasteiger partial charge in [0.2, 0.25) is 0 Å². The summed E-state index contributed by atoms with van der Waals surface area (Å²) in [4.78, 5) is 2.36. The Labute approximate surface area is 117 Å². The quantitative estimate of drug-likeness (QED) is 0.777. The second-order valence-corrected chi connectivity index (χ2v) is 6.06. The van der Waals surface area contributed by atoms with Crippen LogP contribution in [0, 0.1) is 3.57 Å². The lowest BCUT2D eigenvalue weighted by atomic mass is 10.1. The molecule has 0 spiro atoms. The summed E-state index contributed by atoms with van der Waals surface area (Å²) in [6.45, 7) is 3.00. The molecule has 0 aromatic heterocycles. The number of likely N-dealkylation sites (N-methyl/N-ethyl adjacent to an activating group) is 1. The van der Waals surface area contributed by atoms with Crippen molar-refractivity contribution in [1.82, 2.24) is 4.90 Å². The lowest BCUT2D eigenvalue weighted by Crippen LogP contribution is -2.33. The molecule has 17 heavy (non-hydrogen) atoms. The van der Waals surface area contributed by atoms with Gasteiger partial charge >= 0.3 is 0 Å². The zero-order valence-corrected chi connectivity index (χ0v) is 12.5. The molecule has 0 radical (unpaired) electrons. The van der Waals surface area contributed by atoms with Gasteiger partial charge < -0.3 is 4.74 Å². The molecule has 0 amide bonds. The number of ether oxygens (including phenoxy) is 1. The van der Waals surface area contributed by atoms with Crippen molar-refractivity contribution in [2.75, 3.05) is 20.2 Å². The first-order chi connectivity index (χ1) is 8.24. The van der Waals surface area contributed by atoms with Gasteiger partial charge in [-0.05, 0) is 66.6 Å². The van der Waals surface area contributed by atoms with Crippen molar-refractivity contribution in [1.29, 1.82) is 0 Å². The molecule has 1 aliphatic heterocycles. The average Bonchev–Trinajstić information content (AvgIpc) is 2.33. The van der Waals surface area contributed by atoms with Crippen LogP contribution in [0.4, 0.5) is 0 Å². The summed E-state index contributed by atoms with van der Waals surface area (Å²) < 4.78 is 7.06. The molecule has 1 aliphatic rings. The van der Waals surface area contributed by atoms with Crippen molar-refractivity contribution in [2.45, 2.75) is 31.9 Å². The first-order valence-electron chi connectivity index (χ1n) is 6.28. The molecule has 1 atom stereocenters. The predicted molar refractivity (Wildman–Crippen MR) is 79.1 cm³/mol. The van der Waals surface area contributed by atoms with Crippen LogP contribution in [0.5, 0.6) is 0 Å². The van der Waals surface area contributed by atoms with E-state index in [1.165, 1.54) is 28.4 Å². The van der Waals surface area contributed by atoms with Crippen molar-refractivity contribution >= 4 is 22.6 Å². The predicted octanol–water partition coefficient (Wildman–Crippen LogP) is 3.29. The first kappa shape index (κ1) is 13.3. The second kappa shape index (κ2) is 6.71. The SMILES string of the molecule is CN(Cc1ccc(I)cc1)CC1CCCCO1. The van der Waals surface area contributed by atoms with Crippen molar-refractivity contribution in [3.8, 4) is 0 Å². The van der Waals surface area contributed by atoms with Crippen LogP contribution in [0.2, 0.25) is 0 Å². The Balaban J connectivity index is 1.79. The number of rotatable bonds is 4. The smallest absolute Gasteiger partial charge is 0.0702 e. The van der Waals surface area contributed by atoms with Gasteiger partial charge in [-0.15, -0.1) is 0 Å². The molecular formula is C14H20INO. The standard InChI is InChI=1S/C14H20INO/c1-16(11-14-4-2-3-9-17-14)10-12-5-7-13(15)8-6-12/h5-8,14H,2-4,9-11H2,1H3. The van der Waals surface area contributed by atoms with Gasteiger partial charge in [0.25, 0.3) is 0 Å². The molecule has 1 unspecified atom stereocenters. The first-order valence-corrected chi connectivity index (χ1v) is 7.36. The lowest BCUT2D eigenvalue weighted by molar-refractivity contribution is -0.00259. The highest BCUT2D eigenvalue weighted by Crippen LogP contribution is 2.15. The normalized spacial score (nSPS) is 20.8. The van der Waals surface area contributed by atoms with E-state index < -0.39 is 0 Å². The Bertz CT molecular complexity index is 333. The highest BCUT2D eigenvalue weighted by molar-refractivity contribution is 14.1. The van der Waals surface area contributed by atoms with Crippen LogP contribution in [-0.2, 0) is 11.3 Å². The minimum atomic E-state index is 0.442. The number of benzene rings is 1. The molecule has 0 saturated carbocycles. The van der Waals surface area contributed by atoms with E-state index in [9.17, 15) is 0 Å². The fourth-order valence-electron chi connectivity index (χ4n) is 2.27. The van der Waals surface area contributed by atoms with Crippen LogP contribution in [0.1, 0.15) is 24.8 Å². The van der Waals surface area contributed by atoms with Crippen molar-refractivity contribution in [3.63, 3.8) is 0 Å². The van der Waals surface area contributed by atoms with Gasteiger partial charge in [-0.2, -0.15) is 0 Å². The Morgan fingerprint density at radius 2 is 2.06 bits per heavy atom. The van der Waals surface area contributed by atoms with Crippen LogP contribution >= 0.6 is 22.6 Å². The average molecular weight is 345 g/mol. The maximum absolute atomic E-state index is 5.76. The molecule has 0 aliphatic carbocycles. The molecule has 1 fully saturated rings. The van der Waals surface area contributed by atoms with Crippen LogP contribution < -0.4 is 0 Å². The van der Waals surface area contributed by atoms with Crippen molar-refractivity contribution in [3.05, 3.63) is 33.4 Å². The summed E-state index contributed by atoms with van der Waals surface area (Å²) in [7, 11) is 2.18. The van der Waals surface area contributed by atoms with Gasteiger partial charge in [-0.25, -0.2) is 0 Å². The third-order valence-corrected chi connectivity index (χ3v) is 3.87. The molecule has 2 nitrogen and oxygen atoms in total. The van der Waals surface area contributed by atoms with E-state index in [4.69, 9.17) is 4.74 Å². The van der Waals surface area contributed by atoms with Gasteiger partial charge in [0.15, 0.2) is 0 Å². The Morgan fingerprint density at radius 3 is 2.71 bits per heavy atom. The molecule has 1 heterocycles. The maximum Gasteiger partial charge on any atom is 0.0702 e. The van der Waals surface area contributed by atoms with Gasteiger partial charge in [-0.1, -0.05) is 12.1 Å². The molecule has 94 valence electrons. The highest BCUT2D eigenvalue weighted by Gasteiger charge is 2.15. The van der Waals surface area contributed by atoms with Crippen LogP contribution in [-0.4, -0.2) is 31.2 Å². The molecule has 2 rings (SSSR count). The third-order valence-electron chi connectivity index (χ3n) is 3.16. The fraction of sp³-hybridized carbons (Fsp3) is 0.571. The molecule has 3 heteroatoms. The van der Waals surface area contributed by atoms with Crippen molar-refractivity contribution < 1.29 is 4.74 Å². The summed E-state index contributed by atoms with van der Waals surface area (Å²) in [5, 5.41) is 0. The molecule has 0 N–H and O–H groups in total. The summed E-state index contributed by atoms with van der Waals surface area (Å²) >= 11 is 2.34. The lowest BCUT2D eigenvalue weighted by Gasteiger charge is -2.27. The van der Waals surface area contributed by atoms with E-state index in [1.807, 2.05) is 0 Å². The molecule has 0 bridgehead atoms. The van der Waals surface area contributed by atoms with E-state index in [0.29, 0.717) is 6.10 Å². The zero-order valence-electron chi connectivity index (χ0n) is 10.4. The number of nitrogens with zero attached hydrogens (tertiary/aromatic N) is 1. The molecule has 1 aromatic rings. The summed E-state index contributed by atoms with van der Waals surface area (Å²) in [5.74, 6) is 0. The fourth-order valence-corrected chi connectivity index (χ4v) is 2.62. The van der Waals surface area contributed by atoms with E-state index >= 15 is 0 Å². The third kappa shape index (κ3) is 4.56. The molecule has 1 aromatic carbocycles. The van der Waals surface area contributed by atoms with Crippen LogP contribution in [0.15, 0.2) is 24.3 Å². The van der Waals surface area contributed by atoms with Crippen molar-refractivity contribution in [2.24, 2.45) is 0 Å². The largest absolute Gasteiger partial charge is 0.377 e. The van der Waals surface area contributed by atoms with E-state index in [2.05, 4.69) is 58.8 Å². The summed E-state index contributed by atoms with van der Waals surface area (Å²) in [6, 6.07) is 8.75. The van der Waals surface area contributed by atoms with Gasteiger partial charge in [0, 0.05) is 23.3 Å². The van der Waals surface area contributed by atoms with E-state index in [-0.39, 0.29) is 0 Å². The molecule has 1 saturated heterocycles. The molecular weight excluding hydrogens is 325 g/mol. The van der Waals surface area contributed by atoms with Crippen LogP contribution in [0.25, 0.3) is 0 Å². The Kier molecular flexibility index (Phi) is 5.25. The second-order valence-electron chi connectivity index (χ2n) is 4.81. The summed E-state index contributed by atoms with van der Waals surface area (Å²) in [5.41, 5.74) is 1.38.